The van der Waals surface area contributed by atoms with Crippen LogP contribution in [0.4, 0.5) is 13.2 Å². The Bertz CT molecular complexity index is 1120. The standard InChI is InChI=1S/C23H37N3O4.C7H6F3N/c1-17-18(2)23(30-15-20(29)14-24(3)11-12-27)8-7-21(17)22-6-4-5-19-13-25(16-28)9-10-26(19)22;1-5-2-3-6(11-4-5)7(8,9)10/h7-8,16,19-20,22,27,29H,4-6,9-15H2,1-3H3;2-4H,1H3. The molecule has 41 heavy (non-hydrogen) atoms. The summed E-state index contributed by atoms with van der Waals surface area (Å²) in [6.07, 6.45) is 0.739. The molecule has 2 aliphatic rings. The molecular weight excluding hydrogens is 537 g/mol. The molecule has 0 aliphatic carbocycles. The molecule has 2 N–H and O–H groups in total. The van der Waals surface area contributed by atoms with E-state index in [9.17, 15) is 23.1 Å². The molecule has 2 aliphatic heterocycles. The quantitative estimate of drug-likeness (QED) is 0.437. The number of ether oxygens (including phenoxy) is 1. The second-order valence-corrected chi connectivity index (χ2v) is 11.0. The van der Waals surface area contributed by atoms with E-state index in [1.807, 2.05) is 22.9 Å². The minimum Gasteiger partial charge on any atom is -0.491 e. The number of rotatable bonds is 9. The van der Waals surface area contributed by atoms with Crippen molar-refractivity contribution in [2.75, 3.05) is 53.0 Å². The van der Waals surface area contributed by atoms with Gasteiger partial charge in [-0.1, -0.05) is 12.1 Å². The van der Waals surface area contributed by atoms with E-state index in [0.29, 0.717) is 25.2 Å². The second kappa shape index (κ2) is 14.9. The largest absolute Gasteiger partial charge is 0.491 e. The molecule has 3 unspecified atom stereocenters. The fourth-order valence-corrected chi connectivity index (χ4v) is 5.53. The lowest BCUT2D eigenvalue weighted by Crippen LogP contribution is -2.55. The fourth-order valence-electron chi connectivity index (χ4n) is 5.53. The molecule has 2 fully saturated rings. The van der Waals surface area contributed by atoms with Crippen LogP contribution in [-0.4, -0.2) is 101 Å². The van der Waals surface area contributed by atoms with Gasteiger partial charge in [-0.3, -0.25) is 14.7 Å². The zero-order valence-electron chi connectivity index (χ0n) is 24.4. The van der Waals surface area contributed by atoms with E-state index in [2.05, 4.69) is 29.8 Å². The minimum absolute atomic E-state index is 0.0794. The van der Waals surface area contributed by atoms with Crippen LogP contribution in [0.3, 0.4) is 0 Å². The molecule has 1 aromatic carbocycles. The maximum absolute atomic E-state index is 11.9. The van der Waals surface area contributed by atoms with Gasteiger partial charge in [-0.05, 0) is 81.5 Å². The Labute approximate surface area is 240 Å². The van der Waals surface area contributed by atoms with Crippen molar-refractivity contribution in [3.63, 3.8) is 0 Å². The molecule has 8 nitrogen and oxygen atoms in total. The molecule has 0 radical (unpaired) electrons. The molecule has 228 valence electrons. The molecule has 0 saturated carbocycles. The third-order valence-electron chi connectivity index (χ3n) is 7.90. The van der Waals surface area contributed by atoms with Crippen LogP contribution in [0.25, 0.3) is 0 Å². The normalized spacial score (nSPS) is 20.2. The highest BCUT2D eigenvalue weighted by Gasteiger charge is 2.36. The Morgan fingerprint density at radius 2 is 1.90 bits per heavy atom. The van der Waals surface area contributed by atoms with Gasteiger partial charge in [-0.15, -0.1) is 0 Å². The number of pyridine rings is 1. The van der Waals surface area contributed by atoms with Crippen LogP contribution in [0.2, 0.25) is 0 Å². The SMILES string of the molecule is Cc1c(OCC(O)CN(C)CCO)ccc(C2CCCC3CN(C=O)CCN32)c1C.Cc1ccc(C(F)(F)F)nc1. The summed E-state index contributed by atoms with van der Waals surface area (Å²) in [6, 6.07) is 7.41. The van der Waals surface area contributed by atoms with Crippen molar-refractivity contribution in [1.82, 2.24) is 19.7 Å². The molecule has 1 amide bonds. The second-order valence-electron chi connectivity index (χ2n) is 11.0. The number of piperazine rings is 1. The topological polar surface area (TPSA) is 89.4 Å². The van der Waals surface area contributed by atoms with Gasteiger partial charge < -0.3 is 24.7 Å². The Balaban J connectivity index is 0.000000352. The number of aromatic nitrogens is 1. The van der Waals surface area contributed by atoms with E-state index in [1.165, 1.54) is 29.8 Å². The van der Waals surface area contributed by atoms with Gasteiger partial charge in [0.25, 0.3) is 0 Å². The van der Waals surface area contributed by atoms with Crippen molar-refractivity contribution in [3.8, 4) is 5.75 Å². The number of aliphatic hydroxyl groups excluding tert-OH is 2. The average molecular weight is 581 g/mol. The maximum Gasteiger partial charge on any atom is 0.433 e. The number of carbonyl (C=O) groups is 1. The number of amides is 1. The highest BCUT2D eigenvalue weighted by Crippen LogP contribution is 2.39. The van der Waals surface area contributed by atoms with Gasteiger partial charge in [0.2, 0.25) is 6.41 Å². The monoisotopic (exact) mass is 580 g/mol. The van der Waals surface area contributed by atoms with E-state index >= 15 is 0 Å². The number of fused-ring (bicyclic) bond motifs is 1. The van der Waals surface area contributed by atoms with Crippen molar-refractivity contribution in [1.29, 1.82) is 0 Å². The molecule has 0 spiro atoms. The Kier molecular flexibility index (Phi) is 12.0. The summed E-state index contributed by atoms with van der Waals surface area (Å²) in [4.78, 5) is 20.8. The van der Waals surface area contributed by atoms with Crippen LogP contribution in [0.15, 0.2) is 30.5 Å². The summed E-state index contributed by atoms with van der Waals surface area (Å²) in [7, 11) is 1.87. The van der Waals surface area contributed by atoms with Crippen LogP contribution < -0.4 is 4.74 Å². The van der Waals surface area contributed by atoms with Crippen molar-refractivity contribution >= 4 is 6.41 Å². The number of carbonyl (C=O) groups excluding carboxylic acids is 1. The number of piperidine rings is 1. The smallest absolute Gasteiger partial charge is 0.433 e. The van der Waals surface area contributed by atoms with Crippen LogP contribution >= 0.6 is 0 Å². The third kappa shape index (κ3) is 9.13. The maximum atomic E-state index is 11.9. The number of aryl methyl sites for hydroxylation is 1. The van der Waals surface area contributed by atoms with Crippen LogP contribution in [-0.2, 0) is 11.0 Å². The zero-order chi connectivity index (χ0) is 30.2. The lowest BCUT2D eigenvalue weighted by molar-refractivity contribution is -0.141. The molecule has 3 heterocycles. The van der Waals surface area contributed by atoms with Gasteiger partial charge in [0.15, 0.2) is 0 Å². The lowest BCUT2D eigenvalue weighted by Gasteiger charge is -2.48. The zero-order valence-corrected chi connectivity index (χ0v) is 24.4. The Morgan fingerprint density at radius 3 is 2.54 bits per heavy atom. The fraction of sp³-hybridized carbons (Fsp3) is 0.600. The molecule has 11 heteroatoms. The van der Waals surface area contributed by atoms with Gasteiger partial charge in [-0.25, -0.2) is 0 Å². The number of benzene rings is 1. The van der Waals surface area contributed by atoms with E-state index in [1.54, 1.807) is 6.92 Å². The highest BCUT2D eigenvalue weighted by molar-refractivity contribution is 5.48. The average Bonchev–Trinajstić information content (AvgIpc) is 2.93. The first-order valence-electron chi connectivity index (χ1n) is 14.1. The predicted octanol–water partition coefficient (Wildman–Crippen LogP) is 3.74. The summed E-state index contributed by atoms with van der Waals surface area (Å²) in [6.45, 7) is 9.81. The molecule has 4 rings (SSSR count). The van der Waals surface area contributed by atoms with Gasteiger partial charge in [0.1, 0.15) is 24.2 Å². The number of hydrogen-bond acceptors (Lipinski definition) is 7. The number of hydrogen-bond donors (Lipinski definition) is 2. The van der Waals surface area contributed by atoms with Gasteiger partial charge in [0, 0.05) is 51.0 Å². The highest BCUT2D eigenvalue weighted by atomic mass is 19.4. The Hall–Kier alpha value is -2.73. The summed E-state index contributed by atoms with van der Waals surface area (Å²) >= 11 is 0. The van der Waals surface area contributed by atoms with Gasteiger partial charge in [0.05, 0.1) is 6.61 Å². The van der Waals surface area contributed by atoms with Crippen LogP contribution in [0.1, 0.15) is 53.3 Å². The lowest BCUT2D eigenvalue weighted by atomic mass is 9.86. The summed E-state index contributed by atoms with van der Waals surface area (Å²) in [5.74, 6) is 0.818. The van der Waals surface area contributed by atoms with E-state index < -0.39 is 18.0 Å². The Morgan fingerprint density at radius 1 is 1.15 bits per heavy atom. The number of nitrogens with zero attached hydrogens (tertiary/aromatic N) is 4. The van der Waals surface area contributed by atoms with E-state index in [-0.39, 0.29) is 13.2 Å². The molecule has 2 saturated heterocycles. The van der Waals surface area contributed by atoms with Crippen molar-refractivity contribution in [3.05, 3.63) is 58.4 Å². The summed E-state index contributed by atoms with van der Waals surface area (Å²) < 4.78 is 41.5. The number of alkyl halides is 3. The first kappa shape index (κ1) is 32.8. The summed E-state index contributed by atoms with van der Waals surface area (Å²) in [5, 5.41) is 19.2. The van der Waals surface area contributed by atoms with Crippen molar-refractivity contribution in [2.45, 2.75) is 64.4 Å². The number of halogens is 3. The predicted molar refractivity (Wildman–Crippen MR) is 151 cm³/mol. The molecular formula is C30H43F3N4O4. The molecule has 3 atom stereocenters. The van der Waals surface area contributed by atoms with E-state index in [0.717, 1.165) is 61.8 Å². The summed E-state index contributed by atoms with van der Waals surface area (Å²) in [5.41, 5.74) is 3.60. The van der Waals surface area contributed by atoms with Crippen molar-refractivity contribution < 1.29 is 32.9 Å². The third-order valence-corrected chi connectivity index (χ3v) is 7.90. The molecule has 0 bridgehead atoms. The molecule has 2 aromatic rings. The van der Waals surface area contributed by atoms with Crippen molar-refractivity contribution in [2.24, 2.45) is 0 Å². The van der Waals surface area contributed by atoms with Crippen LogP contribution in [0.5, 0.6) is 5.75 Å². The minimum atomic E-state index is -4.33. The van der Waals surface area contributed by atoms with E-state index in [4.69, 9.17) is 9.84 Å². The number of likely N-dealkylation sites (N-methyl/N-ethyl adjacent to an activating group) is 1. The molecule has 1 aromatic heterocycles. The van der Waals surface area contributed by atoms with Crippen LogP contribution in [0, 0.1) is 20.8 Å². The van der Waals surface area contributed by atoms with Gasteiger partial charge in [-0.2, -0.15) is 13.2 Å². The van der Waals surface area contributed by atoms with Gasteiger partial charge >= 0.3 is 6.18 Å². The number of aliphatic hydroxyl groups is 2. The first-order valence-corrected chi connectivity index (χ1v) is 14.1. The first-order chi connectivity index (χ1) is 19.4.